The molecule has 2 aliphatic rings. The maximum Gasteiger partial charge on any atom is -0.00884 e. The molecule has 0 spiro atoms. The third-order valence-corrected chi connectivity index (χ3v) is 2.86. The van der Waals surface area contributed by atoms with Crippen molar-refractivity contribution in [2.24, 2.45) is 5.41 Å². The molecule has 14 heavy (non-hydrogen) atoms. The highest BCUT2D eigenvalue weighted by molar-refractivity contribution is 5.55. The average molecular weight is 186 g/mol. The van der Waals surface area contributed by atoms with E-state index in [4.69, 9.17) is 0 Å². The smallest absolute Gasteiger partial charge is 0.00884 e. The Morgan fingerprint density at radius 3 is 2.50 bits per heavy atom. The van der Waals surface area contributed by atoms with Gasteiger partial charge in [0, 0.05) is 0 Å². The van der Waals surface area contributed by atoms with Gasteiger partial charge in [-0.15, -0.1) is 0 Å². The number of hydrogen-bond acceptors (Lipinski definition) is 0. The summed E-state index contributed by atoms with van der Waals surface area (Å²) in [5, 5.41) is 0. The predicted molar refractivity (Wildman–Crippen MR) is 62.1 cm³/mol. The molecule has 0 N–H and O–H groups in total. The first-order chi connectivity index (χ1) is 6.59. The fourth-order valence-corrected chi connectivity index (χ4v) is 2.18. The fourth-order valence-electron chi connectivity index (χ4n) is 2.18. The van der Waals surface area contributed by atoms with Crippen LogP contribution in [0.2, 0.25) is 0 Å². The molecule has 0 heterocycles. The quantitative estimate of drug-likeness (QED) is 0.576. The van der Waals surface area contributed by atoms with Crippen molar-refractivity contribution in [1.82, 2.24) is 0 Å². The fraction of sp³-hybridized carbons (Fsp3) is 0.429. The van der Waals surface area contributed by atoms with E-state index in [1.54, 1.807) is 0 Å². The van der Waals surface area contributed by atoms with Crippen LogP contribution in [0.5, 0.6) is 0 Å². The van der Waals surface area contributed by atoms with Crippen molar-refractivity contribution >= 4 is 0 Å². The molecule has 0 aromatic heterocycles. The predicted octanol–water partition coefficient (Wildman–Crippen LogP) is 4.18. The van der Waals surface area contributed by atoms with E-state index < -0.39 is 0 Å². The van der Waals surface area contributed by atoms with Crippen molar-refractivity contribution in [3.05, 3.63) is 47.1 Å². The Labute approximate surface area is 86.7 Å². The van der Waals surface area contributed by atoms with E-state index in [1.165, 1.54) is 16.7 Å². The Kier molecular flexibility index (Phi) is 2.22. The molecule has 0 aliphatic heterocycles. The Morgan fingerprint density at radius 2 is 1.93 bits per heavy atom. The Bertz CT molecular complexity index is 354. The normalized spacial score (nSPS) is 20.9. The van der Waals surface area contributed by atoms with Crippen LogP contribution in [0.25, 0.3) is 0 Å². The summed E-state index contributed by atoms with van der Waals surface area (Å²) in [7, 11) is 0. The van der Waals surface area contributed by atoms with Crippen LogP contribution in [0.3, 0.4) is 0 Å². The largest absolute Gasteiger partial charge is 0.0801 e. The lowest BCUT2D eigenvalue weighted by atomic mass is 9.81. The SMILES string of the molecule is CC(C)(C)C1=CCC=C1C1=CC=CC1. The summed E-state index contributed by atoms with van der Waals surface area (Å²) >= 11 is 0. The molecule has 0 saturated carbocycles. The molecule has 74 valence electrons. The third kappa shape index (κ3) is 1.61. The van der Waals surface area contributed by atoms with Crippen molar-refractivity contribution in [2.45, 2.75) is 33.6 Å². The summed E-state index contributed by atoms with van der Waals surface area (Å²) in [5.41, 5.74) is 4.78. The summed E-state index contributed by atoms with van der Waals surface area (Å²) in [6, 6.07) is 0. The van der Waals surface area contributed by atoms with Gasteiger partial charge in [-0.3, -0.25) is 0 Å². The maximum absolute atomic E-state index is 2.37. The van der Waals surface area contributed by atoms with E-state index in [0.29, 0.717) is 0 Å². The molecule has 0 amide bonds. The van der Waals surface area contributed by atoms with Gasteiger partial charge in [0.2, 0.25) is 0 Å². The van der Waals surface area contributed by atoms with Crippen LogP contribution in [-0.2, 0) is 0 Å². The van der Waals surface area contributed by atoms with Crippen molar-refractivity contribution in [3.8, 4) is 0 Å². The molecular formula is C14H18. The Morgan fingerprint density at radius 1 is 1.14 bits per heavy atom. The molecule has 0 unspecified atom stereocenters. The molecule has 0 atom stereocenters. The third-order valence-electron chi connectivity index (χ3n) is 2.86. The Hall–Kier alpha value is -1.04. The molecule has 0 nitrogen and oxygen atoms in total. The molecule has 0 saturated heterocycles. The monoisotopic (exact) mass is 186 g/mol. The molecule has 0 fully saturated rings. The lowest BCUT2D eigenvalue weighted by Crippen LogP contribution is -2.10. The number of hydrogen-bond donors (Lipinski definition) is 0. The minimum Gasteiger partial charge on any atom is -0.0801 e. The first kappa shape index (κ1) is 9.51. The van der Waals surface area contributed by atoms with E-state index in [0.717, 1.165) is 12.8 Å². The zero-order valence-electron chi connectivity index (χ0n) is 9.30. The molecule has 0 radical (unpaired) electrons. The summed E-state index contributed by atoms with van der Waals surface area (Å²) in [4.78, 5) is 0. The summed E-state index contributed by atoms with van der Waals surface area (Å²) in [6.45, 7) is 6.88. The van der Waals surface area contributed by atoms with Crippen molar-refractivity contribution in [2.75, 3.05) is 0 Å². The van der Waals surface area contributed by atoms with Gasteiger partial charge < -0.3 is 0 Å². The van der Waals surface area contributed by atoms with Gasteiger partial charge in [-0.1, -0.05) is 51.2 Å². The van der Waals surface area contributed by atoms with Crippen LogP contribution >= 0.6 is 0 Å². The van der Waals surface area contributed by atoms with Crippen molar-refractivity contribution < 1.29 is 0 Å². The number of rotatable bonds is 1. The van der Waals surface area contributed by atoms with Gasteiger partial charge in [0.05, 0.1) is 0 Å². The second-order valence-corrected chi connectivity index (χ2v) is 5.05. The zero-order valence-corrected chi connectivity index (χ0v) is 9.30. The lowest BCUT2D eigenvalue weighted by Gasteiger charge is -2.24. The van der Waals surface area contributed by atoms with Gasteiger partial charge in [-0.2, -0.15) is 0 Å². The summed E-state index contributed by atoms with van der Waals surface area (Å²) < 4.78 is 0. The molecule has 0 heteroatoms. The topological polar surface area (TPSA) is 0 Å². The highest BCUT2D eigenvalue weighted by Crippen LogP contribution is 2.40. The lowest BCUT2D eigenvalue weighted by molar-refractivity contribution is 0.512. The van der Waals surface area contributed by atoms with Gasteiger partial charge in [-0.05, 0) is 35.0 Å². The van der Waals surface area contributed by atoms with Gasteiger partial charge in [-0.25, -0.2) is 0 Å². The molecule has 2 aliphatic carbocycles. The van der Waals surface area contributed by atoms with E-state index in [-0.39, 0.29) is 5.41 Å². The second kappa shape index (κ2) is 3.27. The van der Waals surface area contributed by atoms with Gasteiger partial charge >= 0.3 is 0 Å². The molecule has 0 aromatic carbocycles. The van der Waals surface area contributed by atoms with Gasteiger partial charge in [0.15, 0.2) is 0 Å². The summed E-state index contributed by atoms with van der Waals surface area (Å²) in [5.74, 6) is 0. The minimum absolute atomic E-state index is 0.283. The van der Waals surface area contributed by atoms with E-state index >= 15 is 0 Å². The minimum atomic E-state index is 0.283. The first-order valence-electron chi connectivity index (χ1n) is 5.36. The maximum atomic E-state index is 2.37. The summed E-state index contributed by atoms with van der Waals surface area (Å²) in [6.07, 6.45) is 13.6. The molecule has 0 aromatic rings. The second-order valence-electron chi connectivity index (χ2n) is 5.05. The zero-order chi connectivity index (χ0) is 10.2. The standard InChI is InChI=1S/C14H18/c1-14(2,3)13-10-6-9-12(13)11-7-4-5-8-11/h4-5,7,9-10H,6,8H2,1-3H3. The van der Waals surface area contributed by atoms with E-state index in [9.17, 15) is 0 Å². The van der Waals surface area contributed by atoms with Crippen LogP contribution in [0.1, 0.15) is 33.6 Å². The van der Waals surface area contributed by atoms with Gasteiger partial charge in [0.25, 0.3) is 0 Å². The van der Waals surface area contributed by atoms with Crippen LogP contribution in [0.4, 0.5) is 0 Å². The highest BCUT2D eigenvalue weighted by atomic mass is 14.3. The molecule has 0 bridgehead atoms. The highest BCUT2D eigenvalue weighted by Gasteiger charge is 2.24. The number of allylic oxidation sites excluding steroid dienone is 8. The van der Waals surface area contributed by atoms with Crippen LogP contribution in [0.15, 0.2) is 47.1 Å². The van der Waals surface area contributed by atoms with Crippen LogP contribution < -0.4 is 0 Å². The van der Waals surface area contributed by atoms with E-state index in [2.05, 4.69) is 51.2 Å². The van der Waals surface area contributed by atoms with Crippen molar-refractivity contribution in [3.63, 3.8) is 0 Å². The van der Waals surface area contributed by atoms with Crippen LogP contribution in [0, 0.1) is 5.41 Å². The molecule has 2 rings (SSSR count). The van der Waals surface area contributed by atoms with E-state index in [1.807, 2.05) is 0 Å². The van der Waals surface area contributed by atoms with Gasteiger partial charge in [0.1, 0.15) is 0 Å². The Balaban J connectivity index is 2.26. The van der Waals surface area contributed by atoms with Crippen molar-refractivity contribution in [1.29, 1.82) is 0 Å². The molecular weight excluding hydrogens is 168 g/mol. The average Bonchev–Trinajstić information content (AvgIpc) is 2.73. The first-order valence-corrected chi connectivity index (χ1v) is 5.36. The van der Waals surface area contributed by atoms with Crippen LogP contribution in [-0.4, -0.2) is 0 Å².